The zero-order valence-corrected chi connectivity index (χ0v) is 15.0. The van der Waals surface area contributed by atoms with E-state index in [4.69, 9.17) is 16.3 Å². The van der Waals surface area contributed by atoms with Crippen LogP contribution < -0.4 is 5.32 Å². The number of halogens is 1. The third-order valence-electron chi connectivity index (χ3n) is 6.25. The molecule has 25 heavy (non-hydrogen) atoms. The molecule has 134 valence electrons. The molecule has 5 rings (SSSR count). The van der Waals surface area contributed by atoms with Crippen LogP contribution in [-0.2, 0) is 20.9 Å². The van der Waals surface area contributed by atoms with Gasteiger partial charge in [-0.25, -0.2) is 0 Å². The lowest BCUT2D eigenvalue weighted by Gasteiger charge is -2.53. The van der Waals surface area contributed by atoms with Crippen LogP contribution >= 0.6 is 11.6 Å². The van der Waals surface area contributed by atoms with Crippen molar-refractivity contribution in [3.63, 3.8) is 0 Å². The van der Waals surface area contributed by atoms with Crippen molar-refractivity contribution in [2.75, 3.05) is 6.61 Å². The van der Waals surface area contributed by atoms with Crippen LogP contribution in [-0.4, -0.2) is 18.5 Å². The maximum absolute atomic E-state index is 12.5. The number of hydrogen-bond donors (Lipinski definition) is 1. The van der Waals surface area contributed by atoms with Crippen LogP contribution in [0.15, 0.2) is 24.3 Å². The van der Waals surface area contributed by atoms with Crippen molar-refractivity contribution < 1.29 is 14.3 Å². The molecule has 0 aliphatic heterocycles. The monoisotopic (exact) mass is 361 g/mol. The Morgan fingerprint density at radius 1 is 1.00 bits per heavy atom. The lowest BCUT2D eigenvalue weighted by Crippen LogP contribution is -2.48. The highest BCUT2D eigenvalue weighted by molar-refractivity contribution is 6.30. The first-order chi connectivity index (χ1) is 12.1. The Labute approximate surface area is 153 Å². The quantitative estimate of drug-likeness (QED) is 0.816. The lowest BCUT2D eigenvalue weighted by molar-refractivity contribution is -0.164. The van der Waals surface area contributed by atoms with Gasteiger partial charge in [0, 0.05) is 11.6 Å². The zero-order valence-electron chi connectivity index (χ0n) is 14.2. The summed E-state index contributed by atoms with van der Waals surface area (Å²) in [5, 5.41) is 3.45. The molecule has 0 atom stereocenters. The van der Waals surface area contributed by atoms with Gasteiger partial charge in [-0.3, -0.25) is 9.59 Å². The number of carbonyl (C=O) groups excluding carboxylic acids is 2. The largest absolute Gasteiger partial charge is 0.455 e. The van der Waals surface area contributed by atoms with Crippen molar-refractivity contribution in [1.82, 2.24) is 5.32 Å². The zero-order chi connectivity index (χ0) is 17.4. The molecule has 4 saturated carbocycles. The molecule has 0 saturated heterocycles. The van der Waals surface area contributed by atoms with Crippen LogP contribution in [0.25, 0.3) is 0 Å². The average molecular weight is 362 g/mol. The Bertz CT molecular complexity index is 629. The fourth-order valence-corrected chi connectivity index (χ4v) is 5.52. The van der Waals surface area contributed by atoms with E-state index in [1.807, 2.05) is 12.1 Å². The fourth-order valence-electron chi connectivity index (χ4n) is 5.40. The summed E-state index contributed by atoms with van der Waals surface area (Å²) in [6.07, 6.45) is 6.07. The predicted octanol–water partition coefficient (Wildman–Crippen LogP) is 3.57. The second-order valence-electron chi connectivity index (χ2n) is 7.97. The van der Waals surface area contributed by atoms with Crippen LogP contribution in [0.4, 0.5) is 0 Å². The van der Waals surface area contributed by atoms with Crippen LogP contribution in [0, 0.1) is 29.6 Å². The number of carbonyl (C=O) groups is 2. The molecule has 1 amide bonds. The van der Waals surface area contributed by atoms with E-state index >= 15 is 0 Å². The molecular formula is C20H24ClNO3. The number of ether oxygens (including phenoxy) is 1. The molecule has 0 unspecified atom stereocenters. The summed E-state index contributed by atoms with van der Waals surface area (Å²) >= 11 is 5.84. The fraction of sp³-hybridized carbons (Fsp3) is 0.600. The Morgan fingerprint density at radius 2 is 1.60 bits per heavy atom. The summed E-state index contributed by atoms with van der Waals surface area (Å²) in [6, 6.07) is 7.30. The van der Waals surface area contributed by atoms with Gasteiger partial charge in [0.25, 0.3) is 5.91 Å². The Morgan fingerprint density at radius 3 is 2.20 bits per heavy atom. The summed E-state index contributed by atoms with van der Waals surface area (Å²) in [5.74, 6) is 2.24. The normalized spacial score (nSPS) is 32.4. The molecule has 1 aromatic carbocycles. The lowest BCUT2D eigenvalue weighted by atomic mass is 9.52. The maximum atomic E-state index is 12.5. The van der Waals surface area contributed by atoms with Crippen LogP contribution in [0.3, 0.4) is 0 Å². The number of rotatable bonds is 5. The van der Waals surface area contributed by atoms with Crippen molar-refractivity contribution in [3.05, 3.63) is 34.9 Å². The summed E-state index contributed by atoms with van der Waals surface area (Å²) in [6.45, 7) is 0.223. The molecule has 4 aliphatic carbocycles. The number of benzene rings is 1. The molecule has 0 heterocycles. The molecule has 0 radical (unpaired) electrons. The van der Waals surface area contributed by atoms with Gasteiger partial charge < -0.3 is 10.1 Å². The molecule has 4 bridgehead atoms. The summed E-state index contributed by atoms with van der Waals surface area (Å²) < 4.78 is 5.37. The molecule has 4 nitrogen and oxygen atoms in total. The molecule has 0 spiro atoms. The molecule has 5 heteroatoms. The third-order valence-corrected chi connectivity index (χ3v) is 6.50. The summed E-state index contributed by atoms with van der Waals surface area (Å²) in [4.78, 5) is 24.5. The SMILES string of the molecule is O=C(COC(=O)C1C2CC3CC(C2)CC1C3)NCc1ccc(Cl)cc1. The predicted molar refractivity (Wildman–Crippen MR) is 94.8 cm³/mol. The minimum atomic E-state index is -0.257. The minimum absolute atomic E-state index is 0.0249. The smallest absolute Gasteiger partial charge is 0.310 e. The van der Waals surface area contributed by atoms with Gasteiger partial charge in [0.1, 0.15) is 0 Å². The van der Waals surface area contributed by atoms with Gasteiger partial charge in [-0.05, 0) is 73.5 Å². The second kappa shape index (κ2) is 6.99. The van der Waals surface area contributed by atoms with Gasteiger partial charge in [0.15, 0.2) is 6.61 Å². The Kier molecular flexibility index (Phi) is 4.72. The molecule has 1 aromatic rings. The van der Waals surface area contributed by atoms with Crippen molar-refractivity contribution in [2.24, 2.45) is 29.6 Å². The molecule has 4 aliphatic rings. The van der Waals surface area contributed by atoms with Crippen molar-refractivity contribution in [2.45, 2.75) is 38.6 Å². The third kappa shape index (κ3) is 3.69. The topological polar surface area (TPSA) is 55.4 Å². The van der Waals surface area contributed by atoms with E-state index in [2.05, 4.69) is 5.32 Å². The summed E-state index contributed by atoms with van der Waals surface area (Å²) in [7, 11) is 0. The molecule has 0 aromatic heterocycles. The van der Waals surface area contributed by atoms with Crippen molar-refractivity contribution >= 4 is 23.5 Å². The van der Waals surface area contributed by atoms with Crippen LogP contribution in [0.2, 0.25) is 5.02 Å². The van der Waals surface area contributed by atoms with Gasteiger partial charge in [-0.2, -0.15) is 0 Å². The second-order valence-corrected chi connectivity index (χ2v) is 8.40. The highest BCUT2D eigenvalue weighted by Gasteiger charge is 2.51. The first kappa shape index (κ1) is 16.9. The van der Waals surface area contributed by atoms with Gasteiger partial charge >= 0.3 is 5.97 Å². The highest BCUT2D eigenvalue weighted by Crippen LogP contribution is 2.56. The number of amides is 1. The van der Waals surface area contributed by atoms with E-state index in [0.29, 0.717) is 23.4 Å². The maximum Gasteiger partial charge on any atom is 0.310 e. The summed E-state index contributed by atoms with van der Waals surface area (Å²) in [5.41, 5.74) is 0.963. The van der Waals surface area contributed by atoms with Gasteiger partial charge in [-0.1, -0.05) is 23.7 Å². The molecular weight excluding hydrogens is 338 g/mol. The van der Waals surface area contributed by atoms with Crippen molar-refractivity contribution in [3.8, 4) is 0 Å². The van der Waals surface area contributed by atoms with E-state index in [0.717, 1.165) is 17.4 Å². The average Bonchev–Trinajstić information content (AvgIpc) is 2.58. The van der Waals surface area contributed by atoms with Gasteiger partial charge in [0.2, 0.25) is 0 Å². The minimum Gasteiger partial charge on any atom is -0.455 e. The van der Waals surface area contributed by atoms with Crippen molar-refractivity contribution in [1.29, 1.82) is 0 Å². The van der Waals surface area contributed by atoms with E-state index in [9.17, 15) is 9.59 Å². The van der Waals surface area contributed by atoms with Crippen LogP contribution in [0.1, 0.15) is 37.7 Å². The highest BCUT2D eigenvalue weighted by atomic mass is 35.5. The first-order valence-corrected chi connectivity index (χ1v) is 9.64. The van der Waals surface area contributed by atoms with E-state index in [1.165, 1.54) is 32.1 Å². The Balaban J connectivity index is 1.24. The first-order valence-electron chi connectivity index (χ1n) is 9.26. The van der Waals surface area contributed by atoms with E-state index in [-0.39, 0.29) is 24.4 Å². The van der Waals surface area contributed by atoms with E-state index < -0.39 is 0 Å². The Hall–Kier alpha value is -1.55. The van der Waals surface area contributed by atoms with Gasteiger partial charge in [-0.15, -0.1) is 0 Å². The molecule has 4 fully saturated rings. The molecule has 1 N–H and O–H groups in total. The standard InChI is InChI=1S/C20H24ClNO3/c21-17-3-1-12(2-4-17)10-22-18(23)11-25-20(24)19-15-6-13-5-14(8-15)9-16(19)7-13/h1-4,13-16,19H,5-11H2,(H,22,23). The number of hydrogen-bond acceptors (Lipinski definition) is 3. The van der Waals surface area contributed by atoms with Gasteiger partial charge in [0.05, 0.1) is 5.92 Å². The number of esters is 1. The van der Waals surface area contributed by atoms with E-state index in [1.54, 1.807) is 12.1 Å². The van der Waals surface area contributed by atoms with Crippen LogP contribution in [0.5, 0.6) is 0 Å². The number of nitrogens with one attached hydrogen (secondary N) is 1.